The topological polar surface area (TPSA) is 79.5 Å². The van der Waals surface area contributed by atoms with Crippen LogP contribution >= 0.6 is 0 Å². The first kappa shape index (κ1) is 17.6. The van der Waals surface area contributed by atoms with E-state index >= 15 is 0 Å². The molecule has 2 heterocycles. The number of hydrogen-bond donors (Lipinski definition) is 1. The highest BCUT2D eigenvalue weighted by Crippen LogP contribution is 2.34. The van der Waals surface area contributed by atoms with Crippen LogP contribution in [-0.2, 0) is 21.1 Å². The number of sulfone groups is 1. The smallest absolute Gasteiger partial charge is 0.231 e. The third kappa shape index (κ3) is 3.30. The Labute approximate surface area is 157 Å². The molecule has 1 aliphatic rings. The summed E-state index contributed by atoms with van der Waals surface area (Å²) in [5.74, 6) is 0.434. The van der Waals surface area contributed by atoms with Gasteiger partial charge in [-0.15, -0.1) is 0 Å². The Hall–Kier alpha value is -2.80. The normalized spacial score (nSPS) is 14.1. The molecule has 1 amide bonds. The van der Waals surface area contributed by atoms with Gasteiger partial charge in [0.05, 0.1) is 23.5 Å². The Morgan fingerprint density at radius 3 is 2.81 bits per heavy atom. The van der Waals surface area contributed by atoms with Gasteiger partial charge in [0.25, 0.3) is 0 Å². The molecular weight excluding hydrogens is 364 g/mol. The van der Waals surface area contributed by atoms with Gasteiger partial charge in [-0.25, -0.2) is 8.42 Å². The van der Waals surface area contributed by atoms with Crippen LogP contribution in [0.2, 0.25) is 0 Å². The number of benzene rings is 2. The van der Waals surface area contributed by atoms with Crippen LogP contribution in [0.4, 0.5) is 5.69 Å². The Morgan fingerprint density at radius 1 is 1.22 bits per heavy atom. The van der Waals surface area contributed by atoms with Crippen LogP contribution in [0.15, 0.2) is 47.5 Å². The van der Waals surface area contributed by atoms with Crippen molar-refractivity contribution in [1.29, 1.82) is 0 Å². The van der Waals surface area contributed by atoms with E-state index in [1.54, 1.807) is 11.0 Å². The van der Waals surface area contributed by atoms with Crippen LogP contribution in [0, 0.1) is 6.92 Å². The summed E-state index contributed by atoms with van der Waals surface area (Å²) >= 11 is 0. The predicted octanol–water partition coefficient (Wildman–Crippen LogP) is 2.85. The van der Waals surface area contributed by atoms with E-state index in [-0.39, 0.29) is 17.2 Å². The molecule has 0 unspecified atom stereocenters. The van der Waals surface area contributed by atoms with E-state index in [0.29, 0.717) is 24.6 Å². The summed E-state index contributed by atoms with van der Waals surface area (Å²) < 4.78 is 29.3. The van der Waals surface area contributed by atoms with Crippen molar-refractivity contribution >= 4 is 32.3 Å². The average molecular weight is 384 g/mol. The molecule has 0 fully saturated rings. The van der Waals surface area contributed by atoms with Crippen molar-refractivity contribution in [2.24, 2.45) is 0 Å². The number of amides is 1. The lowest BCUT2D eigenvalue weighted by Crippen LogP contribution is -2.39. The summed E-state index contributed by atoms with van der Waals surface area (Å²) in [7, 11) is -3.37. The second-order valence-electron chi connectivity index (χ2n) is 6.84. The van der Waals surface area contributed by atoms with Crippen LogP contribution in [0.1, 0.15) is 11.1 Å². The molecule has 0 saturated carbocycles. The van der Waals surface area contributed by atoms with Gasteiger partial charge in [0.2, 0.25) is 5.91 Å². The molecule has 7 heteroatoms. The number of ether oxygens (including phenoxy) is 1. The molecule has 0 spiro atoms. The number of aromatic nitrogens is 1. The van der Waals surface area contributed by atoms with Crippen molar-refractivity contribution in [3.63, 3.8) is 0 Å². The van der Waals surface area contributed by atoms with Crippen molar-refractivity contribution in [2.75, 3.05) is 24.3 Å². The molecule has 2 aromatic carbocycles. The molecule has 4 rings (SSSR count). The lowest BCUT2D eigenvalue weighted by atomic mass is 10.1. The molecule has 0 aliphatic carbocycles. The van der Waals surface area contributed by atoms with Gasteiger partial charge in [-0.1, -0.05) is 12.1 Å². The van der Waals surface area contributed by atoms with Gasteiger partial charge in [-0.3, -0.25) is 4.79 Å². The minimum atomic E-state index is -3.37. The second kappa shape index (κ2) is 6.42. The Kier molecular flexibility index (Phi) is 4.19. The Morgan fingerprint density at radius 2 is 2.04 bits per heavy atom. The van der Waals surface area contributed by atoms with Gasteiger partial charge in [-0.2, -0.15) is 0 Å². The molecule has 140 valence electrons. The van der Waals surface area contributed by atoms with Crippen molar-refractivity contribution < 1.29 is 17.9 Å². The Balaban J connectivity index is 1.67. The molecule has 0 radical (unpaired) electrons. The van der Waals surface area contributed by atoms with E-state index in [2.05, 4.69) is 4.98 Å². The largest absolute Gasteiger partial charge is 0.490 e. The molecule has 0 bridgehead atoms. The number of H-pyrrole nitrogens is 1. The average Bonchev–Trinajstić information content (AvgIpc) is 3.01. The fourth-order valence-electron chi connectivity index (χ4n) is 3.39. The summed E-state index contributed by atoms with van der Waals surface area (Å²) in [6, 6.07) is 10.7. The minimum absolute atomic E-state index is 0.0910. The number of fused-ring (bicyclic) bond motifs is 2. The SMILES string of the molecule is Cc1ccc2c(CC(=O)N3CCOc4ccc(S(C)(=O)=O)cc43)c[nH]c2c1. The van der Waals surface area contributed by atoms with Gasteiger partial charge in [-0.05, 0) is 42.3 Å². The van der Waals surface area contributed by atoms with Gasteiger partial charge >= 0.3 is 0 Å². The maximum absolute atomic E-state index is 13.0. The van der Waals surface area contributed by atoms with Crippen molar-refractivity contribution in [2.45, 2.75) is 18.2 Å². The molecule has 0 saturated heterocycles. The summed E-state index contributed by atoms with van der Waals surface area (Å²) in [4.78, 5) is 18.0. The van der Waals surface area contributed by atoms with Crippen molar-refractivity contribution in [3.05, 3.63) is 53.7 Å². The highest BCUT2D eigenvalue weighted by atomic mass is 32.2. The molecule has 1 N–H and O–H groups in total. The van der Waals surface area contributed by atoms with Gasteiger partial charge in [0.1, 0.15) is 12.4 Å². The van der Waals surface area contributed by atoms with Crippen molar-refractivity contribution in [3.8, 4) is 5.75 Å². The third-order valence-corrected chi connectivity index (χ3v) is 5.90. The van der Waals surface area contributed by atoms with Crippen LogP contribution in [-0.4, -0.2) is 38.7 Å². The molecule has 6 nitrogen and oxygen atoms in total. The van der Waals surface area contributed by atoms with Crippen LogP contribution in [0.3, 0.4) is 0 Å². The number of anilines is 1. The highest BCUT2D eigenvalue weighted by Gasteiger charge is 2.26. The van der Waals surface area contributed by atoms with Crippen LogP contribution in [0.25, 0.3) is 10.9 Å². The maximum atomic E-state index is 13.0. The first-order chi connectivity index (χ1) is 12.8. The van der Waals surface area contributed by atoms with Gasteiger partial charge in [0.15, 0.2) is 9.84 Å². The summed E-state index contributed by atoms with van der Waals surface area (Å²) in [5, 5.41) is 1.02. The number of carbonyl (C=O) groups is 1. The fraction of sp³-hybridized carbons (Fsp3) is 0.250. The number of hydrogen-bond acceptors (Lipinski definition) is 4. The predicted molar refractivity (Wildman–Crippen MR) is 104 cm³/mol. The zero-order valence-corrected chi connectivity index (χ0v) is 16.0. The highest BCUT2D eigenvalue weighted by molar-refractivity contribution is 7.90. The monoisotopic (exact) mass is 384 g/mol. The Bertz CT molecular complexity index is 1150. The standard InChI is InChI=1S/C20H20N2O4S/c1-13-3-5-16-14(12-21-17(16)9-13)10-20(23)22-7-8-26-19-6-4-15(11-18(19)22)27(2,24)25/h3-6,9,11-12,21H,7-8,10H2,1-2H3. The maximum Gasteiger partial charge on any atom is 0.231 e. The summed E-state index contributed by atoms with van der Waals surface area (Å²) in [6.07, 6.45) is 3.24. The first-order valence-electron chi connectivity index (χ1n) is 8.67. The van der Waals surface area contributed by atoms with Crippen molar-refractivity contribution in [1.82, 2.24) is 4.98 Å². The molecule has 3 aromatic rings. The number of aryl methyl sites for hydroxylation is 1. The number of aromatic amines is 1. The molecule has 0 atom stereocenters. The van der Waals surface area contributed by atoms with Gasteiger partial charge in [0, 0.05) is 23.4 Å². The number of carbonyl (C=O) groups excluding carboxylic acids is 1. The van der Waals surface area contributed by atoms with Gasteiger partial charge < -0.3 is 14.6 Å². The van der Waals surface area contributed by atoms with Crippen LogP contribution < -0.4 is 9.64 Å². The van der Waals surface area contributed by atoms with Crippen LogP contribution in [0.5, 0.6) is 5.75 Å². The molecule has 27 heavy (non-hydrogen) atoms. The second-order valence-corrected chi connectivity index (χ2v) is 8.85. The third-order valence-electron chi connectivity index (χ3n) is 4.79. The number of rotatable bonds is 3. The van der Waals surface area contributed by atoms with E-state index in [0.717, 1.165) is 28.3 Å². The zero-order chi connectivity index (χ0) is 19.2. The minimum Gasteiger partial charge on any atom is -0.490 e. The van der Waals surface area contributed by atoms with E-state index in [1.165, 1.54) is 12.1 Å². The lowest BCUT2D eigenvalue weighted by Gasteiger charge is -2.30. The fourth-order valence-corrected chi connectivity index (χ4v) is 4.03. The van der Waals surface area contributed by atoms with E-state index in [9.17, 15) is 13.2 Å². The number of nitrogens with zero attached hydrogens (tertiary/aromatic N) is 1. The molecule has 1 aliphatic heterocycles. The van der Waals surface area contributed by atoms with E-state index in [1.807, 2.05) is 31.3 Å². The first-order valence-corrected chi connectivity index (χ1v) is 10.6. The number of nitrogens with one attached hydrogen (secondary N) is 1. The lowest BCUT2D eigenvalue weighted by molar-refractivity contribution is -0.118. The zero-order valence-electron chi connectivity index (χ0n) is 15.2. The summed E-state index contributed by atoms with van der Waals surface area (Å²) in [5.41, 5.74) is 3.57. The molecule has 1 aromatic heterocycles. The quantitative estimate of drug-likeness (QED) is 0.753. The van der Waals surface area contributed by atoms with E-state index in [4.69, 9.17) is 4.74 Å². The van der Waals surface area contributed by atoms with E-state index < -0.39 is 9.84 Å². The summed E-state index contributed by atoms with van der Waals surface area (Å²) in [6.45, 7) is 2.79. The molecular formula is C20H20N2O4S.